The minimum Gasteiger partial charge on any atom is -0.493 e. The Morgan fingerprint density at radius 1 is 0.893 bits per heavy atom. The summed E-state index contributed by atoms with van der Waals surface area (Å²) in [7, 11) is 2.20. The van der Waals surface area contributed by atoms with Crippen molar-refractivity contribution in [2.45, 2.75) is 31.8 Å². The van der Waals surface area contributed by atoms with Gasteiger partial charge in [-0.25, -0.2) is 0 Å². The summed E-state index contributed by atoms with van der Waals surface area (Å²) in [5.74, 6) is 1.45. The lowest BCUT2D eigenvalue weighted by Crippen LogP contribution is -2.43. The Morgan fingerprint density at radius 2 is 1.54 bits per heavy atom. The molecule has 2 atom stereocenters. The van der Waals surface area contributed by atoms with Gasteiger partial charge in [0, 0.05) is 44.7 Å². The van der Waals surface area contributed by atoms with Gasteiger partial charge in [0.1, 0.15) is 5.75 Å². The fourth-order valence-electron chi connectivity index (χ4n) is 4.29. The molecule has 1 saturated carbocycles. The molecule has 2 fully saturated rings. The highest BCUT2D eigenvalue weighted by Crippen LogP contribution is 2.27. The molecule has 2 aliphatic rings. The van der Waals surface area contributed by atoms with Gasteiger partial charge in [-0.15, -0.1) is 0 Å². The fraction of sp³-hybridized carbons (Fsp3) is 0.500. The van der Waals surface area contributed by atoms with E-state index in [1.165, 1.54) is 42.6 Å². The molecule has 150 valence electrons. The van der Waals surface area contributed by atoms with Crippen molar-refractivity contribution in [3.63, 3.8) is 0 Å². The van der Waals surface area contributed by atoms with Crippen molar-refractivity contribution >= 4 is 0 Å². The number of nitrogens with two attached hydrogens (primary N) is 1. The third kappa shape index (κ3) is 4.93. The Kier molecular flexibility index (Phi) is 6.30. The number of hydrogen-bond donors (Lipinski definition) is 1. The van der Waals surface area contributed by atoms with E-state index in [2.05, 4.69) is 65.4 Å². The Balaban J connectivity index is 1.31. The molecule has 0 unspecified atom stereocenters. The lowest BCUT2D eigenvalue weighted by atomic mass is 10.0. The summed E-state index contributed by atoms with van der Waals surface area (Å²) >= 11 is 0. The Hall–Kier alpha value is -1.88. The molecule has 4 rings (SSSR count). The van der Waals surface area contributed by atoms with Crippen molar-refractivity contribution < 1.29 is 4.74 Å². The molecule has 1 heterocycles. The first-order valence-electron chi connectivity index (χ1n) is 10.7. The normalized spacial score (nSPS) is 23.8. The molecule has 2 aromatic carbocycles. The molecule has 1 aliphatic carbocycles. The second-order valence-corrected chi connectivity index (χ2v) is 8.47. The first-order valence-corrected chi connectivity index (χ1v) is 10.7. The number of benzene rings is 2. The molecule has 0 radical (unpaired) electrons. The van der Waals surface area contributed by atoms with Crippen molar-refractivity contribution in [1.29, 1.82) is 0 Å². The Morgan fingerprint density at radius 3 is 2.14 bits per heavy atom. The topological polar surface area (TPSA) is 41.7 Å². The van der Waals surface area contributed by atoms with Crippen LogP contribution in [0, 0.1) is 5.92 Å². The van der Waals surface area contributed by atoms with Crippen LogP contribution in [0.4, 0.5) is 0 Å². The number of hydrogen-bond acceptors (Lipinski definition) is 4. The van der Waals surface area contributed by atoms with Crippen LogP contribution in [0.5, 0.6) is 5.75 Å². The minimum atomic E-state index is 0.309. The predicted octanol–water partition coefficient (Wildman–Crippen LogP) is 3.61. The number of nitrogens with zero attached hydrogens (tertiary/aromatic N) is 2. The van der Waals surface area contributed by atoms with E-state index in [1.807, 2.05) is 0 Å². The van der Waals surface area contributed by atoms with E-state index in [0.29, 0.717) is 12.0 Å². The van der Waals surface area contributed by atoms with Crippen LogP contribution in [0.3, 0.4) is 0 Å². The van der Waals surface area contributed by atoms with Gasteiger partial charge in [-0.2, -0.15) is 0 Å². The van der Waals surface area contributed by atoms with Crippen molar-refractivity contribution in [3.05, 3.63) is 54.1 Å². The summed E-state index contributed by atoms with van der Waals surface area (Å²) in [4.78, 5) is 4.94. The maximum atomic E-state index is 6.14. The number of ether oxygens (including phenoxy) is 1. The number of piperazine rings is 1. The molecule has 28 heavy (non-hydrogen) atoms. The molecule has 0 aromatic heterocycles. The Bertz CT molecular complexity index is 735. The number of likely N-dealkylation sites (N-methyl/N-ethyl adjacent to an activating group) is 1. The summed E-state index contributed by atoms with van der Waals surface area (Å²) in [6.45, 7) is 6.43. The van der Waals surface area contributed by atoms with Crippen molar-refractivity contribution in [3.8, 4) is 16.9 Å². The zero-order chi connectivity index (χ0) is 19.3. The highest BCUT2D eigenvalue weighted by molar-refractivity contribution is 5.64. The average molecular weight is 380 g/mol. The monoisotopic (exact) mass is 379 g/mol. The average Bonchev–Trinajstić information content (AvgIpc) is 3.14. The molecular formula is C24H33N3O. The molecule has 1 aliphatic heterocycles. The zero-order valence-corrected chi connectivity index (χ0v) is 17.0. The molecule has 0 spiro atoms. The third-order valence-corrected chi connectivity index (χ3v) is 6.33. The standard InChI is InChI=1S/C24H33N3O/c1-26-13-15-27(16-14-26)17-19-5-7-20(8-6-19)21-9-11-23(12-10-21)28-18-22-3-2-4-24(22)25/h5-12,22,24H,2-4,13-18,25H2,1H3/t22-,24+/m1/s1. The first-order chi connectivity index (χ1) is 13.7. The molecule has 2 N–H and O–H groups in total. The molecular weight excluding hydrogens is 346 g/mol. The van der Waals surface area contributed by atoms with Crippen molar-refractivity contribution in [2.75, 3.05) is 39.8 Å². The maximum Gasteiger partial charge on any atom is 0.119 e. The van der Waals surface area contributed by atoms with Gasteiger partial charge < -0.3 is 15.4 Å². The SMILES string of the molecule is CN1CCN(Cc2ccc(-c3ccc(OC[C@H]4CCC[C@@H]4N)cc3)cc2)CC1. The third-order valence-electron chi connectivity index (χ3n) is 6.33. The van der Waals surface area contributed by atoms with Gasteiger partial charge in [0.15, 0.2) is 0 Å². The van der Waals surface area contributed by atoms with Crippen LogP contribution in [0.1, 0.15) is 24.8 Å². The van der Waals surface area contributed by atoms with Crippen molar-refractivity contribution in [1.82, 2.24) is 9.80 Å². The van der Waals surface area contributed by atoms with Gasteiger partial charge in [0.25, 0.3) is 0 Å². The van der Waals surface area contributed by atoms with E-state index in [0.717, 1.165) is 38.4 Å². The first kappa shape index (κ1) is 19.4. The molecule has 1 saturated heterocycles. The van der Waals surface area contributed by atoms with Crippen LogP contribution in [-0.2, 0) is 6.54 Å². The van der Waals surface area contributed by atoms with E-state index >= 15 is 0 Å². The zero-order valence-electron chi connectivity index (χ0n) is 17.0. The van der Waals surface area contributed by atoms with E-state index < -0.39 is 0 Å². The summed E-state index contributed by atoms with van der Waals surface area (Å²) in [5, 5.41) is 0. The van der Waals surface area contributed by atoms with E-state index in [4.69, 9.17) is 10.5 Å². The van der Waals surface area contributed by atoms with Gasteiger partial charge >= 0.3 is 0 Å². The second-order valence-electron chi connectivity index (χ2n) is 8.47. The van der Waals surface area contributed by atoms with Crippen LogP contribution in [0.15, 0.2) is 48.5 Å². The fourth-order valence-corrected chi connectivity index (χ4v) is 4.29. The van der Waals surface area contributed by atoms with Crippen LogP contribution in [0.2, 0.25) is 0 Å². The molecule has 0 bridgehead atoms. The lowest BCUT2D eigenvalue weighted by Gasteiger charge is -2.32. The van der Waals surface area contributed by atoms with Crippen LogP contribution >= 0.6 is 0 Å². The largest absolute Gasteiger partial charge is 0.493 e. The number of rotatable bonds is 6. The van der Waals surface area contributed by atoms with Crippen LogP contribution < -0.4 is 10.5 Å². The summed E-state index contributed by atoms with van der Waals surface area (Å²) < 4.78 is 5.97. The van der Waals surface area contributed by atoms with Gasteiger partial charge in [-0.05, 0) is 48.7 Å². The summed E-state index contributed by atoms with van der Waals surface area (Å²) in [6, 6.07) is 17.8. The lowest BCUT2D eigenvalue weighted by molar-refractivity contribution is 0.148. The van der Waals surface area contributed by atoms with Gasteiger partial charge in [-0.3, -0.25) is 4.90 Å². The molecule has 4 heteroatoms. The van der Waals surface area contributed by atoms with Crippen LogP contribution in [-0.4, -0.2) is 55.7 Å². The van der Waals surface area contributed by atoms with E-state index in [1.54, 1.807) is 0 Å². The van der Waals surface area contributed by atoms with Crippen molar-refractivity contribution in [2.24, 2.45) is 11.7 Å². The van der Waals surface area contributed by atoms with Gasteiger partial charge in [0.2, 0.25) is 0 Å². The highest BCUT2D eigenvalue weighted by Gasteiger charge is 2.24. The summed E-state index contributed by atoms with van der Waals surface area (Å²) in [6.07, 6.45) is 3.57. The molecule has 0 amide bonds. The van der Waals surface area contributed by atoms with Gasteiger partial charge in [0.05, 0.1) is 6.61 Å². The summed E-state index contributed by atoms with van der Waals surface area (Å²) in [5.41, 5.74) is 10.0. The van der Waals surface area contributed by atoms with Crippen LogP contribution in [0.25, 0.3) is 11.1 Å². The maximum absolute atomic E-state index is 6.14. The van der Waals surface area contributed by atoms with E-state index in [-0.39, 0.29) is 0 Å². The molecule has 2 aromatic rings. The van der Waals surface area contributed by atoms with Gasteiger partial charge in [-0.1, -0.05) is 42.8 Å². The predicted molar refractivity (Wildman–Crippen MR) is 115 cm³/mol. The second kappa shape index (κ2) is 9.08. The quantitative estimate of drug-likeness (QED) is 0.833. The molecule has 4 nitrogen and oxygen atoms in total. The van der Waals surface area contributed by atoms with E-state index in [9.17, 15) is 0 Å². The minimum absolute atomic E-state index is 0.309. The Labute approximate surface area is 169 Å². The highest BCUT2D eigenvalue weighted by atomic mass is 16.5. The smallest absolute Gasteiger partial charge is 0.119 e.